The molecule has 400 valence electrons. The minimum atomic E-state index is -4.92. The Morgan fingerprint density at radius 3 is 2.05 bits per heavy atom. The van der Waals surface area contributed by atoms with Crippen molar-refractivity contribution < 1.29 is 233 Å². The van der Waals surface area contributed by atoms with Gasteiger partial charge in [0, 0.05) is 25.5 Å². The summed E-state index contributed by atoms with van der Waals surface area (Å²) in [5.74, 6) is -4.99. The molecule has 4 aliphatic heterocycles. The molecule has 4 fully saturated rings. The van der Waals surface area contributed by atoms with Crippen LogP contribution in [-0.2, 0) is 85.3 Å². The van der Waals surface area contributed by atoms with E-state index in [2.05, 4.69) is 31.3 Å². The van der Waals surface area contributed by atoms with Crippen molar-refractivity contribution in [3.8, 4) is 0 Å². The van der Waals surface area contributed by atoms with Crippen LogP contribution in [0.25, 0.3) is 0 Å². The predicted molar refractivity (Wildman–Crippen MR) is 219 cm³/mol. The van der Waals surface area contributed by atoms with E-state index in [0.717, 1.165) is 0 Å². The summed E-state index contributed by atoms with van der Waals surface area (Å²) in [6, 6.07) is -1.42. The number of carbonyl (C=O) groups excluding carboxylic acids is 5. The largest absolute Gasteiger partial charge is 1.00 e. The molecular weight excluding hydrogens is 1080 g/mol. The molecule has 36 heteroatoms. The normalized spacial score (nSPS) is 29.4. The standard InChI is InChI=1S/C38H59N6O20S.4Na.H2O4S/c1-4-21-25-26(22(5-2)60-21)35(53)44(34(25)52)12-8-6-7-11-42(23(45)9-10-24(46)47)17-20-18-43(41-39-20)13-14-57-15-16-58-38-31(51)30(50)32(33(62-38)36(54)55)61-37-27(40-65-64-63-56)29(49)28(48)19(3)59-37;;;;;1-5(2,3)4/h18-19,21-22,25-33,37-38,40,48-51,56H,3-17H2,1-2H3,(H,46,47)(H,54,55);;;;;(H2,1,2,3,4)/q-1;4*+1;/p-4/t19?,21-,22+,25+,26-,27?,28-,29-,30-,31?,32+,33?,37-,38-;;;;;/m1...../s1. The Morgan fingerprint density at radius 2 is 1.49 bits per heavy atom. The smallest absolute Gasteiger partial charge is 0.726 e. The number of carboxylic acid groups (broad SMARTS) is 2. The molecule has 0 bridgehead atoms. The Kier molecular flexibility index (Phi) is 36.8. The predicted octanol–water partition coefficient (Wildman–Crippen LogP) is -18.8. The van der Waals surface area contributed by atoms with Gasteiger partial charge in [-0.1, -0.05) is 19.1 Å². The first kappa shape index (κ1) is 74.3. The zero-order valence-electron chi connectivity index (χ0n) is 41.8. The maximum Gasteiger partial charge on any atom is 1.00 e. The van der Waals surface area contributed by atoms with Crippen LogP contribution in [0.2, 0.25) is 0 Å². The number of aliphatic carboxylic acids is 2. The minimum absolute atomic E-state index is 0. The number of aliphatic hydroxyl groups excluding tert-OH is 4. The molecule has 4 aliphatic rings. The fraction of sp³-hybridized carbons (Fsp3) is 0.789. The van der Waals surface area contributed by atoms with E-state index in [4.69, 9.17) is 45.9 Å². The summed E-state index contributed by atoms with van der Waals surface area (Å²) in [4.78, 5) is 65.3. The first-order valence-corrected chi connectivity index (χ1v) is 24.1. The maximum atomic E-state index is 13.2. The van der Waals surface area contributed by atoms with Crippen LogP contribution in [0, 0.1) is 18.8 Å². The van der Waals surface area contributed by atoms with E-state index < -0.39 is 108 Å². The van der Waals surface area contributed by atoms with Crippen LogP contribution in [0.1, 0.15) is 64.5 Å². The maximum absolute atomic E-state index is 13.2. The summed E-state index contributed by atoms with van der Waals surface area (Å²) in [6.07, 6.45) is -12.5. The van der Waals surface area contributed by atoms with Crippen LogP contribution in [0.5, 0.6) is 0 Å². The van der Waals surface area contributed by atoms with Gasteiger partial charge in [-0.2, -0.15) is 4.33 Å². The van der Waals surface area contributed by atoms with Gasteiger partial charge in [0.1, 0.15) is 48.4 Å². The molecular formula is C38H57N6Na4O24S2-. The summed E-state index contributed by atoms with van der Waals surface area (Å²) < 4.78 is 74.1. The molecule has 0 aromatic carbocycles. The van der Waals surface area contributed by atoms with E-state index in [0.29, 0.717) is 37.8 Å². The van der Waals surface area contributed by atoms with Crippen molar-refractivity contribution >= 4 is 52.3 Å². The number of fused-ring (bicyclic) bond motifs is 1. The van der Waals surface area contributed by atoms with E-state index >= 15 is 0 Å². The molecule has 3 amide bonds. The third-order valence-electron chi connectivity index (χ3n) is 11.6. The molecule has 1 aromatic rings. The number of nitrogens with one attached hydrogen (secondary N) is 1. The Balaban J connectivity index is 0.00000564. The van der Waals surface area contributed by atoms with Crippen LogP contribution in [0.4, 0.5) is 0 Å². The molecule has 4 saturated heterocycles. The van der Waals surface area contributed by atoms with Gasteiger partial charge in [0.2, 0.25) is 28.1 Å². The van der Waals surface area contributed by atoms with E-state index in [1.807, 2.05) is 13.8 Å². The number of rotatable bonds is 27. The minimum Gasteiger partial charge on any atom is -0.726 e. The van der Waals surface area contributed by atoms with Crippen LogP contribution in [-0.4, -0.2) is 199 Å². The second-order valence-electron chi connectivity index (χ2n) is 16.3. The molecule has 6 N–H and O–H groups in total. The van der Waals surface area contributed by atoms with Crippen molar-refractivity contribution in [1.82, 2.24) is 29.5 Å². The number of ether oxygens (including phenoxy) is 6. The van der Waals surface area contributed by atoms with Gasteiger partial charge in [-0.15, -0.1) is 5.10 Å². The van der Waals surface area contributed by atoms with Crippen LogP contribution < -0.4 is 138 Å². The number of unbranched alkanes of at least 4 members (excludes halogenated alkanes) is 2. The van der Waals surface area contributed by atoms with Crippen molar-refractivity contribution in [2.75, 3.05) is 32.9 Å². The van der Waals surface area contributed by atoms with Gasteiger partial charge in [0.05, 0.1) is 81.3 Å². The molecule has 0 radical (unpaired) electrons. The summed E-state index contributed by atoms with van der Waals surface area (Å²) in [7, 11) is -4.92. The van der Waals surface area contributed by atoms with Gasteiger partial charge in [0.15, 0.2) is 12.6 Å². The van der Waals surface area contributed by atoms with E-state index in [1.54, 1.807) is 6.20 Å². The molecule has 0 saturated carbocycles. The van der Waals surface area contributed by atoms with Crippen molar-refractivity contribution in [3.05, 3.63) is 18.8 Å². The Bertz CT molecular complexity index is 1960. The van der Waals surface area contributed by atoms with Crippen LogP contribution in [0.3, 0.4) is 0 Å². The molecule has 1 aromatic heterocycles. The van der Waals surface area contributed by atoms with Crippen LogP contribution in [0.15, 0.2) is 6.20 Å². The topological polar surface area (TPSA) is 436 Å². The third-order valence-corrected chi connectivity index (χ3v) is 12.1. The Labute approximate surface area is 518 Å². The Morgan fingerprint density at radius 1 is 0.865 bits per heavy atom. The number of imide groups is 1. The average molecular weight is 1140 g/mol. The van der Waals surface area contributed by atoms with Gasteiger partial charge in [-0.05, 0) is 44.6 Å². The third kappa shape index (κ3) is 22.4. The first-order chi connectivity index (χ1) is 33.1. The number of likely N-dealkylation sites (tertiary alicyclic amines) is 1. The SMILES string of the molecule is O=S(=O)([O-])O.[CH2-]C1O[C@H](O[C@@H]2C(C(=O)[O-])O[C@@H](OCCOCCn3cc(CN(CCCCCN4C(=O)[C@@H]5[C@H](C4=O)[C@H](CC)O[C@@H]5CC)C(=O)CCC(=O)[O-])nn3)C(O)[C@H]2O)C(NSOO[O-])[C@@H](O)[C@@H]1O.[Na+].[Na+].[Na+].[Na+]. The number of nitrogens with zero attached hydrogens (tertiary/aromatic N) is 5. The molecule has 0 spiro atoms. The zero-order valence-corrected chi connectivity index (χ0v) is 51.4. The van der Waals surface area contributed by atoms with Crippen molar-refractivity contribution in [3.63, 3.8) is 0 Å². The number of carboxylic acids is 2. The number of aromatic nitrogens is 3. The first-order valence-electron chi connectivity index (χ1n) is 22.0. The second-order valence-corrected chi connectivity index (χ2v) is 17.6. The summed E-state index contributed by atoms with van der Waals surface area (Å²) >= 11 is 0.175. The molecule has 14 atom stereocenters. The monoisotopic (exact) mass is 1140 g/mol. The quantitative estimate of drug-likeness (QED) is 0.00455. The zero-order chi connectivity index (χ0) is 51.9. The fourth-order valence-corrected chi connectivity index (χ4v) is 8.64. The second kappa shape index (κ2) is 36.7. The van der Waals surface area contributed by atoms with Gasteiger partial charge in [0.25, 0.3) is 0 Å². The van der Waals surface area contributed by atoms with Crippen LogP contribution >= 0.6 is 12.2 Å². The molecule has 5 heterocycles. The molecule has 0 aliphatic carbocycles. The summed E-state index contributed by atoms with van der Waals surface area (Å²) in [5.41, 5.74) is 0.406. The number of hydrogen-bond acceptors (Lipinski definition) is 27. The number of aliphatic hydroxyl groups is 4. The Hall–Kier alpha value is 0.350. The number of amides is 3. The summed E-state index contributed by atoms with van der Waals surface area (Å²) in [5, 5.41) is 87.0. The number of carbonyl (C=O) groups is 5. The van der Waals surface area contributed by atoms with Crippen molar-refractivity contribution in [2.45, 2.75) is 145 Å². The van der Waals surface area contributed by atoms with Gasteiger partial charge >= 0.3 is 118 Å². The van der Waals surface area contributed by atoms with Crippen molar-refractivity contribution in [2.24, 2.45) is 11.8 Å². The van der Waals surface area contributed by atoms with Crippen molar-refractivity contribution in [1.29, 1.82) is 0 Å². The van der Waals surface area contributed by atoms with E-state index in [9.17, 15) is 59.9 Å². The van der Waals surface area contributed by atoms with Gasteiger partial charge in [-0.3, -0.25) is 28.9 Å². The average Bonchev–Trinajstić information content (AvgIpc) is 3.99. The summed E-state index contributed by atoms with van der Waals surface area (Å²) in [6.45, 7) is 7.82. The number of hydrogen-bond donors (Lipinski definition) is 6. The molecule has 30 nitrogen and oxygen atoms in total. The fourth-order valence-electron chi connectivity index (χ4n) is 8.21. The van der Waals surface area contributed by atoms with E-state index in [1.165, 1.54) is 14.5 Å². The van der Waals surface area contributed by atoms with Gasteiger partial charge in [-0.25, -0.2) is 17.8 Å². The van der Waals surface area contributed by atoms with Gasteiger partial charge < -0.3 is 90.3 Å². The molecule has 5 rings (SSSR count). The molecule has 4 unspecified atom stereocenters. The molecule has 74 heavy (non-hydrogen) atoms. The van der Waals surface area contributed by atoms with E-state index in [-0.39, 0.29) is 207 Å².